The number of nitrogens with one attached hydrogen (secondary N) is 1. The first-order valence-corrected chi connectivity index (χ1v) is 6.16. The minimum Gasteiger partial charge on any atom is -0.349 e. The predicted molar refractivity (Wildman–Crippen MR) is 66.4 cm³/mol. The predicted octanol–water partition coefficient (Wildman–Crippen LogP) is 1.76. The van der Waals surface area contributed by atoms with E-state index in [9.17, 15) is 9.18 Å². The van der Waals surface area contributed by atoms with Crippen molar-refractivity contribution in [3.05, 3.63) is 28.8 Å². The van der Waals surface area contributed by atoms with Gasteiger partial charge in [-0.25, -0.2) is 9.37 Å². The number of ether oxygens (including phenoxy) is 2. The van der Waals surface area contributed by atoms with Gasteiger partial charge in [0, 0.05) is 6.54 Å². The third-order valence-corrected chi connectivity index (χ3v) is 2.91. The van der Waals surface area contributed by atoms with Crippen LogP contribution in [0, 0.1) is 5.82 Å². The first-order valence-electron chi connectivity index (χ1n) is 5.78. The normalized spacial score (nSPS) is 21.4. The Kier molecular flexibility index (Phi) is 4.03. The zero-order valence-electron chi connectivity index (χ0n) is 10.6. The molecule has 2 heterocycles. The second-order valence-corrected chi connectivity index (χ2v) is 5.01. The summed E-state index contributed by atoms with van der Waals surface area (Å²) in [5, 5.41) is 2.57. The van der Waals surface area contributed by atoms with Crippen LogP contribution in [0.1, 0.15) is 24.2 Å². The quantitative estimate of drug-likeness (QED) is 0.861. The number of hydrogen-bond acceptors (Lipinski definition) is 4. The largest absolute Gasteiger partial charge is 0.349 e. The van der Waals surface area contributed by atoms with Crippen molar-refractivity contribution in [3.8, 4) is 0 Å². The van der Waals surface area contributed by atoms with Crippen LogP contribution < -0.4 is 5.32 Å². The molecule has 1 aliphatic rings. The van der Waals surface area contributed by atoms with Gasteiger partial charge in [0.25, 0.3) is 5.91 Å². The monoisotopic (exact) mass is 288 g/mol. The maximum atomic E-state index is 13.0. The summed E-state index contributed by atoms with van der Waals surface area (Å²) in [6, 6.07) is 1.04. The molecule has 0 radical (unpaired) electrons. The zero-order chi connectivity index (χ0) is 14.0. The fraction of sp³-hybridized carbons (Fsp3) is 0.500. The van der Waals surface area contributed by atoms with E-state index in [-0.39, 0.29) is 23.4 Å². The van der Waals surface area contributed by atoms with Crippen LogP contribution in [0.3, 0.4) is 0 Å². The van der Waals surface area contributed by atoms with E-state index in [1.54, 1.807) is 13.8 Å². The van der Waals surface area contributed by atoms with Crippen molar-refractivity contribution in [2.45, 2.75) is 25.7 Å². The molecule has 1 aromatic rings. The van der Waals surface area contributed by atoms with Crippen molar-refractivity contribution in [2.75, 3.05) is 13.2 Å². The Morgan fingerprint density at radius 3 is 3.05 bits per heavy atom. The Morgan fingerprint density at radius 2 is 2.42 bits per heavy atom. The van der Waals surface area contributed by atoms with Crippen molar-refractivity contribution in [2.24, 2.45) is 0 Å². The van der Waals surface area contributed by atoms with Gasteiger partial charge in [0.05, 0.1) is 18.4 Å². The second kappa shape index (κ2) is 5.40. The highest BCUT2D eigenvalue weighted by Crippen LogP contribution is 2.22. The standard InChI is InChI=1S/C12H14ClFN2O3/c1-12(2)18-6-8(19-12)5-16-11(17)9-3-7(14)4-15-10(9)13/h3-4,8H,5-6H2,1-2H3,(H,16,17). The van der Waals surface area contributed by atoms with E-state index in [0.29, 0.717) is 6.61 Å². The molecule has 1 amide bonds. The first kappa shape index (κ1) is 14.2. The number of carbonyl (C=O) groups is 1. The van der Waals surface area contributed by atoms with Crippen molar-refractivity contribution in [3.63, 3.8) is 0 Å². The summed E-state index contributed by atoms with van der Waals surface area (Å²) >= 11 is 5.74. The van der Waals surface area contributed by atoms with Crippen molar-refractivity contribution in [1.82, 2.24) is 10.3 Å². The third kappa shape index (κ3) is 3.62. The molecule has 1 N–H and O–H groups in total. The Labute approximate surface area is 115 Å². The van der Waals surface area contributed by atoms with Gasteiger partial charge in [0.15, 0.2) is 5.79 Å². The van der Waals surface area contributed by atoms with E-state index in [0.717, 1.165) is 12.3 Å². The molecule has 0 saturated carbocycles. The first-order chi connectivity index (χ1) is 8.87. The van der Waals surface area contributed by atoms with Crippen LogP contribution in [0.2, 0.25) is 5.15 Å². The summed E-state index contributed by atoms with van der Waals surface area (Å²) in [4.78, 5) is 15.4. The Bertz CT molecular complexity index is 496. The van der Waals surface area contributed by atoms with E-state index < -0.39 is 17.5 Å². The van der Waals surface area contributed by atoms with E-state index in [1.807, 2.05) is 0 Å². The third-order valence-electron chi connectivity index (χ3n) is 2.61. The molecule has 2 rings (SSSR count). The molecular formula is C12H14ClFN2O3. The molecule has 0 aliphatic carbocycles. The van der Waals surface area contributed by atoms with Gasteiger partial charge in [-0.2, -0.15) is 0 Å². The van der Waals surface area contributed by atoms with Crippen LogP contribution in [-0.2, 0) is 9.47 Å². The highest BCUT2D eigenvalue weighted by Gasteiger charge is 2.32. The SMILES string of the molecule is CC1(C)OCC(CNC(=O)c2cc(F)cnc2Cl)O1. The molecule has 1 fully saturated rings. The van der Waals surface area contributed by atoms with Gasteiger partial charge in [-0.15, -0.1) is 0 Å². The number of nitrogens with zero attached hydrogens (tertiary/aromatic N) is 1. The molecule has 1 aliphatic heterocycles. The summed E-state index contributed by atoms with van der Waals surface area (Å²) in [6.45, 7) is 4.24. The van der Waals surface area contributed by atoms with Gasteiger partial charge in [0.2, 0.25) is 0 Å². The van der Waals surface area contributed by atoms with E-state index >= 15 is 0 Å². The van der Waals surface area contributed by atoms with Crippen molar-refractivity contribution < 1.29 is 18.7 Å². The fourth-order valence-electron chi connectivity index (χ4n) is 1.75. The van der Waals surface area contributed by atoms with Crippen LogP contribution in [0.5, 0.6) is 0 Å². The fourth-order valence-corrected chi connectivity index (χ4v) is 1.94. The van der Waals surface area contributed by atoms with Crippen molar-refractivity contribution in [1.29, 1.82) is 0 Å². The van der Waals surface area contributed by atoms with Crippen LogP contribution >= 0.6 is 11.6 Å². The summed E-state index contributed by atoms with van der Waals surface area (Å²) < 4.78 is 23.9. The second-order valence-electron chi connectivity index (χ2n) is 4.65. The summed E-state index contributed by atoms with van der Waals surface area (Å²) in [5.74, 6) is -1.76. The molecule has 0 bridgehead atoms. The maximum Gasteiger partial charge on any atom is 0.254 e. The summed E-state index contributed by atoms with van der Waals surface area (Å²) in [7, 11) is 0. The zero-order valence-corrected chi connectivity index (χ0v) is 11.3. The number of rotatable bonds is 3. The van der Waals surface area contributed by atoms with Crippen LogP contribution in [0.15, 0.2) is 12.3 Å². The van der Waals surface area contributed by atoms with Gasteiger partial charge >= 0.3 is 0 Å². The van der Waals surface area contributed by atoms with Crippen molar-refractivity contribution >= 4 is 17.5 Å². The van der Waals surface area contributed by atoms with Crippen LogP contribution in [0.25, 0.3) is 0 Å². The topological polar surface area (TPSA) is 60.5 Å². The van der Waals surface area contributed by atoms with Gasteiger partial charge in [0.1, 0.15) is 17.1 Å². The molecule has 0 spiro atoms. The lowest BCUT2D eigenvalue weighted by Crippen LogP contribution is -2.34. The number of hydrogen-bond donors (Lipinski definition) is 1. The Morgan fingerprint density at radius 1 is 1.68 bits per heavy atom. The molecule has 19 heavy (non-hydrogen) atoms. The number of halogens is 2. The summed E-state index contributed by atoms with van der Waals surface area (Å²) in [6.07, 6.45) is 0.717. The number of pyridine rings is 1. The molecule has 0 aromatic carbocycles. The highest BCUT2D eigenvalue weighted by molar-refractivity contribution is 6.32. The summed E-state index contributed by atoms with van der Waals surface area (Å²) in [5.41, 5.74) is -0.000146. The molecule has 1 aromatic heterocycles. The minimum atomic E-state index is -0.645. The van der Waals surface area contributed by atoms with Crippen LogP contribution in [0.4, 0.5) is 4.39 Å². The molecule has 1 unspecified atom stereocenters. The molecule has 5 nitrogen and oxygen atoms in total. The minimum absolute atomic E-state index is 0.000146. The average Bonchev–Trinajstić information content (AvgIpc) is 2.69. The van der Waals surface area contributed by atoms with E-state index in [2.05, 4.69) is 10.3 Å². The molecular weight excluding hydrogens is 275 g/mol. The molecule has 1 atom stereocenters. The molecule has 1 saturated heterocycles. The van der Waals surface area contributed by atoms with Gasteiger partial charge in [-0.05, 0) is 19.9 Å². The number of aromatic nitrogens is 1. The molecule has 104 valence electrons. The Hall–Kier alpha value is -1.24. The van der Waals surface area contributed by atoms with Gasteiger partial charge < -0.3 is 14.8 Å². The van der Waals surface area contributed by atoms with E-state index in [1.165, 1.54) is 0 Å². The highest BCUT2D eigenvalue weighted by atomic mass is 35.5. The average molecular weight is 289 g/mol. The molecule has 7 heteroatoms. The number of amides is 1. The van der Waals surface area contributed by atoms with Crippen LogP contribution in [-0.4, -0.2) is 35.9 Å². The number of carbonyl (C=O) groups excluding carboxylic acids is 1. The Balaban J connectivity index is 1.93. The van der Waals surface area contributed by atoms with Gasteiger partial charge in [-0.1, -0.05) is 11.6 Å². The van der Waals surface area contributed by atoms with E-state index in [4.69, 9.17) is 21.1 Å². The lowest BCUT2D eigenvalue weighted by atomic mass is 10.2. The lowest BCUT2D eigenvalue weighted by Gasteiger charge is -2.17. The maximum absolute atomic E-state index is 13.0. The lowest BCUT2D eigenvalue weighted by molar-refractivity contribution is -0.137. The smallest absolute Gasteiger partial charge is 0.254 e. The van der Waals surface area contributed by atoms with Gasteiger partial charge in [-0.3, -0.25) is 4.79 Å².